The van der Waals surface area contributed by atoms with Crippen LogP contribution in [-0.2, 0) is 11.2 Å². The number of amides is 1. The van der Waals surface area contributed by atoms with Crippen LogP contribution in [0.25, 0.3) is 0 Å². The number of hydrogen-bond donors (Lipinski definition) is 1. The van der Waals surface area contributed by atoms with Gasteiger partial charge in [0.2, 0.25) is 11.7 Å². The highest BCUT2D eigenvalue weighted by atomic mass is 35.5. The lowest BCUT2D eigenvalue weighted by atomic mass is 10.0. The Hall–Kier alpha value is -1.66. The van der Waals surface area contributed by atoms with Crippen LogP contribution in [0.5, 0.6) is 17.2 Å². The molecule has 1 aliphatic rings. The van der Waals surface area contributed by atoms with Crippen LogP contribution in [0.1, 0.15) is 24.8 Å². The number of likely N-dealkylation sites (tertiary alicyclic amines) is 1. The van der Waals surface area contributed by atoms with Gasteiger partial charge in [0.25, 0.3) is 0 Å². The maximum absolute atomic E-state index is 12.4. The first-order chi connectivity index (χ1) is 11.6. The molecule has 0 radical (unpaired) electrons. The van der Waals surface area contributed by atoms with Gasteiger partial charge in [-0.2, -0.15) is 0 Å². The van der Waals surface area contributed by atoms with Crippen molar-refractivity contribution in [2.45, 2.75) is 31.7 Å². The Balaban J connectivity index is 0.00000312. The second kappa shape index (κ2) is 10.4. The van der Waals surface area contributed by atoms with E-state index in [4.69, 9.17) is 14.2 Å². The minimum Gasteiger partial charge on any atom is -0.493 e. The standard InChI is InChI=1S/C18H28N2O4.ClH/c1-19-14-7-9-20(10-8-14)17(21)6-5-13-11-15(22-2)18(24-4)16(12-13)23-3;/h11-12,14,19H,5-10H2,1-4H3;1H. The molecular formula is C18H29ClN2O4. The topological polar surface area (TPSA) is 60.0 Å². The van der Waals surface area contributed by atoms with Gasteiger partial charge in [-0.1, -0.05) is 0 Å². The molecular weight excluding hydrogens is 344 g/mol. The number of ether oxygens (including phenoxy) is 3. The fourth-order valence-corrected chi connectivity index (χ4v) is 3.11. The molecule has 1 saturated heterocycles. The summed E-state index contributed by atoms with van der Waals surface area (Å²) in [6.45, 7) is 1.67. The van der Waals surface area contributed by atoms with Crippen molar-refractivity contribution < 1.29 is 19.0 Å². The number of rotatable bonds is 7. The van der Waals surface area contributed by atoms with Crippen molar-refractivity contribution in [1.29, 1.82) is 0 Å². The summed E-state index contributed by atoms with van der Waals surface area (Å²) in [7, 11) is 6.75. The Bertz CT molecular complexity index is 535. The van der Waals surface area contributed by atoms with Crippen LogP contribution in [0.3, 0.4) is 0 Å². The van der Waals surface area contributed by atoms with Gasteiger partial charge in [-0.15, -0.1) is 12.4 Å². The van der Waals surface area contributed by atoms with E-state index in [0.29, 0.717) is 36.1 Å². The number of nitrogens with one attached hydrogen (secondary N) is 1. The zero-order chi connectivity index (χ0) is 17.5. The van der Waals surface area contributed by atoms with Crippen LogP contribution in [0.2, 0.25) is 0 Å². The molecule has 2 rings (SSSR count). The number of carbonyl (C=O) groups excluding carboxylic acids is 1. The Labute approximate surface area is 156 Å². The summed E-state index contributed by atoms with van der Waals surface area (Å²) < 4.78 is 16.0. The van der Waals surface area contributed by atoms with Crippen molar-refractivity contribution in [3.8, 4) is 17.2 Å². The Kier molecular flexibility index (Phi) is 8.86. The fraction of sp³-hybridized carbons (Fsp3) is 0.611. The molecule has 7 heteroatoms. The number of methoxy groups -OCH3 is 3. The molecule has 6 nitrogen and oxygen atoms in total. The van der Waals surface area contributed by atoms with Gasteiger partial charge in [0.1, 0.15) is 0 Å². The molecule has 0 unspecified atom stereocenters. The van der Waals surface area contributed by atoms with Gasteiger partial charge in [0.05, 0.1) is 21.3 Å². The maximum Gasteiger partial charge on any atom is 0.222 e. The summed E-state index contributed by atoms with van der Waals surface area (Å²) in [6, 6.07) is 4.34. The fourth-order valence-electron chi connectivity index (χ4n) is 3.11. The highest BCUT2D eigenvalue weighted by molar-refractivity contribution is 5.85. The molecule has 1 amide bonds. The van der Waals surface area contributed by atoms with Crippen LogP contribution in [0.15, 0.2) is 12.1 Å². The molecule has 0 atom stereocenters. The van der Waals surface area contributed by atoms with Crippen LogP contribution in [0, 0.1) is 0 Å². The molecule has 0 saturated carbocycles. The van der Waals surface area contributed by atoms with Gasteiger partial charge in [-0.05, 0) is 44.0 Å². The molecule has 1 aromatic rings. The van der Waals surface area contributed by atoms with Crippen molar-refractivity contribution >= 4 is 18.3 Å². The lowest BCUT2D eigenvalue weighted by Gasteiger charge is -2.32. The smallest absolute Gasteiger partial charge is 0.222 e. The van der Waals surface area contributed by atoms with E-state index in [9.17, 15) is 4.79 Å². The highest BCUT2D eigenvalue weighted by Gasteiger charge is 2.21. The normalized spacial score (nSPS) is 14.6. The number of benzene rings is 1. The highest BCUT2D eigenvalue weighted by Crippen LogP contribution is 2.38. The second-order valence-corrected chi connectivity index (χ2v) is 5.98. The summed E-state index contributed by atoms with van der Waals surface area (Å²) in [5, 5.41) is 3.28. The zero-order valence-electron chi connectivity index (χ0n) is 15.5. The monoisotopic (exact) mass is 372 g/mol. The Morgan fingerprint density at radius 1 is 1.12 bits per heavy atom. The second-order valence-electron chi connectivity index (χ2n) is 5.98. The first-order valence-corrected chi connectivity index (χ1v) is 8.36. The van der Waals surface area contributed by atoms with E-state index in [1.807, 2.05) is 24.1 Å². The average molecular weight is 373 g/mol. The molecule has 0 bridgehead atoms. The first kappa shape index (κ1) is 21.4. The van der Waals surface area contributed by atoms with Gasteiger partial charge in [0.15, 0.2) is 11.5 Å². The van der Waals surface area contributed by atoms with Gasteiger partial charge in [-0.3, -0.25) is 4.79 Å². The van der Waals surface area contributed by atoms with Crippen molar-refractivity contribution in [1.82, 2.24) is 10.2 Å². The van der Waals surface area contributed by atoms with Crippen LogP contribution < -0.4 is 19.5 Å². The summed E-state index contributed by atoms with van der Waals surface area (Å²) in [6.07, 6.45) is 3.18. The third kappa shape index (κ3) is 5.41. The molecule has 25 heavy (non-hydrogen) atoms. The summed E-state index contributed by atoms with van der Waals surface area (Å²) in [5.41, 5.74) is 1.00. The van der Waals surface area contributed by atoms with Crippen molar-refractivity contribution in [2.75, 3.05) is 41.5 Å². The number of carbonyl (C=O) groups is 1. The van der Waals surface area contributed by atoms with Crippen molar-refractivity contribution in [3.05, 3.63) is 17.7 Å². The lowest BCUT2D eigenvalue weighted by Crippen LogP contribution is -2.44. The number of hydrogen-bond acceptors (Lipinski definition) is 5. The molecule has 0 aliphatic carbocycles. The van der Waals surface area contributed by atoms with Crippen LogP contribution in [0.4, 0.5) is 0 Å². The predicted molar refractivity (Wildman–Crippen MR) is 100 cm³/mol. The van der Waals surface area contributed by atoms with Crippen LogP contribution >= 0.6 is 12.4 Å². The van der Waals surface area contributed by atoms with Crippen LogP contribution in [-0.4, -0.2) is 58.3 Å². The number of halogens is 1. The zero-order valence-corrected chi connectivity index (χ0v) is 16.3. The number of nitrogens with zero attached hydrogens (tertiary/aromatic N) is 1. The molecule has 1 N–H and O–H groups in total. The number of piperidine rings is 1. The van der Waals surface area contributed by atoms with E-state index in [1.54, 1.807) is 21.3 Å². The third-order valence-electron chi connectivity index (χ3n) is 4.61. The van der Waals surface area contributed by atoms with E-state index in [2.05, 4.69) is 5.32 Å². The molecule has 1 aliphatic heterocycles. The van der Waals surface area contributed by atoms with Gasteiger partial charge in [-0.25, -0.2) is 0 Å². The van der Waals surface area contributed by atoms with Crippen molar-refractivity contribution in [2.24, 2.45) is 0 Å². The minimum absolute atomic E-state index is 0. The quantitative estimate of drug-likeness (QED) is 0.795. The van der Waals surface area contributed by atoms with E-state index < -0.39 is 0 Å². The minimum atomic E-state index is 0. The third-order valence-corrected chi connectivity index (χ3v) is 4.61. The van der Waals surface area contributed by atoms with Gasteiger partial charge >= 0.3 is 0 Å². The van der Waals surface area contributed by atoms with Gasteiger partial charge < -0.3 is 24.4 Å². The molecule has 0 aromatic heterocycles. The SMILES string of the molecule is CNC1CCN(C(=O)CCc2cc(OC)c(OC)c(OC)c2)CC1.Cl. The maximum atomic E-state index is 12.4. The summed E-state index contributed by atoms with van der Waals surface area (Å²) in [4.78, 5) is 14.4. The van der Waals surface area contributed by atoms with E-state index in [1.165, 1.54) is 0 Å². The molecule has 0 spiro atoms. The predicted octanol–water partition coefficient (Wildman–Crippen LogP) is 2.28. The molecule has 1 heterocycles. The van der Waals surface area contributed by atoms with E-state index in [0.717, 1.165) is 31.5 Å². The molecule has 142 valence electrons. The molecule has 1 fully saturated rings. The molecule has 1 aromatic carbocycles. The Morgan fingerprint density at radius 3 is 2.12 bits per heavy atom. The average Bonchev–Trinajstić information content (AvgIpc) is 2.65. The summed E-state index contributed by atoms with van der Waals surface area (Å²) in [5.74, 6) is 2.02. The summed E-state index contributed by atoms with van der Waals surface area (Å²) >= 11 is 0. The van der Waals surface area contributed by atoms with Crippen molar-refractivity contribution in [3.63, 3.8) is 0 Å². The largest absolute Gasteiger partial charge is 0.493 e. The van der Waals surface area contributed by atoms with Gasteiger partial charge in [0, 0.05) is 25.6 Å². The lowest BCUT2D eigenvalue weighted by molar-refractivity contribution is -0.132. The van der Waals surface area contributed by atoms with E-state index in [-0.39, 0.29) is 18.3 Å². The van der Waals surface area contributed by atoms with E-state index >= 15 is 0 Å². The first-order valence-electron chi connectivity index (χ1n) is 8.36. The number of aryl methyl sites for hydroxylation is 1. The Morgan fingerprint density at radius 2 is 1.68 bits per heavy atom.